The molecule has 3 aromatic heterocycles. The summed E-state index contributed by atoms with van der Waals surface area (Å²) in [4.78, 5) is 11.6. The highest BCUT2D eigenvalue weighted by atomic mass is 32.2. The fourth-order valence-electron chi connectivity index (χ4n) is 2.35. The van der Waals surface area contributed by atoms with Crippen LogP contribution in [0.1, 0.15) is 26.7 Å². The molecule has 138 valence electrons. The van der Waals surface area contributed by atoms with Crippen molar-refractivity contribution in [3.8, 4) is 0 Å². The van der Waals surface area contributed by atoms with Gasteiger partial charge in [-0.1, -0.05) is 5.16 Å². The summed E-state index contributed by atoms with van der Waals surface area (Å²) < 4.78 is 38.8. The van der Waals surface area contributed by atoms with Gasteiger partial charge in [0.05, 0.1) is 31.2 Å². The van der Waals surface area contributed by atoms with Gasteiger partial charge in [0.15, 0.2) is 0 Å². The van der Waals surface area contributed by atoms with Crippen molar-refractivity contribution in [2.75, 3.05) is 11.8 Å². The Morgan fingerprint density at radius 2 is 2.19 bits per heavy atom. The molecule has 0 amide bonds. The van der Waals surface area contributed by atoms with Gasteiger partial charge in [-0.25, -0.2) is 13.2 Å². The predicted octanol–water partition coefficient (Wildman–Crippen LogP) is 2.19. The number of esters is 1. The van der Waals surface area contributed by atoms with E-state index in [1.165, 1.54) is 24.8 Å². The van der Waals surface area contributed by atoms with E-state index in [0.717, 1.165) is 22.6 Å². The molecule has 0 fully saturated rings. The smallest absolute Gasteiger partial charge is 0.349 e. The van der Waals surface area contributed by atoms with Gasteiger partial charge in [-0.05, 0) is 25.3 Å². The Labute approximate surface area is 153 Å². The summed E-state index contributed by atoms with van der Waals surface area (Å²) in [7, 11) is -2.75. The Morgan fingerprint density at radius 1 is 1.42 bits per heavy atom. The number of nitrogens with one attached hydrogen (secondary N) is 1. The highest BCUT2D eigenvalue weighted by molar-refractivity contribution is 7.93. The number of sulfonamides is 1. The highest BCUT2D eigenvalue weighted by Crippen LogP contribution is 2.25. The average Bonchev–Trinajstić information content (AvgIpc) is 3.31. The maximum absolute atomic E-state index is 12.6. The van der Waals surface area contributed by atoms with Crippen LogP contribution < -0.4 is 4.72 Å². The topological polar surface area (TPSA) is 116 Å². The van der Waals surface area contributed by atoms with Crippen LogP contribution >= 0.6 is 11.3 Å². The number of carbonyl (C=O) groups excluding carboxylic acids is 1. The number of aromatic nitrogens is 3. The number of hydrogen-bond donors (Lipinski definition) is 1. The van der Waals surface area contributed by atoms with Crippen LogP contribution in [-0.4, -0.2) is 36.4 Å². The molecule has 9 nitrogen and oxygen atoms in total. The first-order chi connectivity index (χ1) is 12.3. The molecule has 1 N–H and O–H groups in total. The molecular weight excluding hydrogens is 380 g/mol. The third-order valence-electron chi connectivity index (χ3n) is 3.68. The average molecular weight is 396 g/mol. The quantitative estimate of drug-likeness (QED) is 0.635. The lowest BCUT2D eigenvalue weighted by Gasteiger charge is -2.06. The van der Waals surface area contributed by atoms with Crippen LogP contribution in [0.2, 0.25) is 0 Å². The Kier molecular flexibility index (Phi) is 4.83. The number of rotatable bonds is 6. The summed E-state index contributed by atoms with van der Waals surface area (Å²) in [5.74, 6) is -0.0180. The normalized spacial score (nSPS) is 11.5. The van der Waals surface area contributed by atoms with Gasteiger partial charge in [-0.2, -0.15) is 5.10 Å². The minimum absolute atomic E-state index is 0.0168. The molecule has 0 aliphatic heterocycles. The van der Waals surface area contributed by atoms with Crippen LogP contribution in [-0.2, 0) is 21.3 Å². The third-order valence-corrected chi connectivity index (χ3v) is 6.12. The zero-order valence-electron chi connectivity index (χ0n) is 14.2. The van der Waals surface area contributed by atoms with Gasteiger partial charge in [0, 0.05) is 11.8 Å². The molecular formula is C15H16N4O5S2. The van der Waals surface area contributed by atoms with Crippen molar-refractivity contribution in [2.24, 2.45) is 0 Å². The van der Waals surface area contributed by atoms with Crippen molar-refractivity contribution in [3.05, 3.63) is 45.7 Å². The van der Waals surface area contributed by atoms with Gasteiger partial charge in [0.25, 0.3) is 10.0 Å². The molecule has 11 heteroatoms. The van der Waals surface area contributed by atoms with Crippen molar-refractivity contribution in [1.82, 2.24) is 14.9 Å². The Hall–Kier alpha value is -2.66. The number of anilines is 1. The van der Waals surface area contributed by atoms with E-state index in [0.29, 0.717) is 12.3 Å². The van der Waals surface area contributed by atoms with E-state index < -0.39 is 16.0 Å². The largest absolute Gasteiger partial charge is 0.465 e. The molecule has 0 spiro atoms. The Bertz CT molecular complexity index is 1030. The molecule has 0 aliphatic rings. The lowest BCUT2D eigenvalue weighted by atomic mass is 10.2. The standard InChI is InChI=1S/C15H16N4O5S2/c1-9-12(10(2)24-17-9)8-19-7-11(6-16-19)18-26(21,22)13-4-5-25-14(13)15(20)23-3/h4-7,18H,8H2,1-3H3. The predicted molar refractivity (Wildman–Crippen MR) is 93.8 cm³/mol. The molecule has 0 radical (unpaired) electrons. The summed E-state index contributed by atoms with van der Waals surface area (Å²) in [6.45, 7) is 4.02. The zero-order chi connectivity index (χ0) is 18.9. The lowest BCUT2D eigenvalue weighted by molar-refractivity contribution is 0.0602. The molecule has 0 unspecified atom stereocenters. The second-order valence-corrected chi connectivity index (χ2v) is 8.01. The first-order valence-electron chi connectivity index (χ1n) is 7.44. The second-order valence-electron chi connectivity index (χ2n) is 5.44. The van der Waals surface area contributed by atoms with Gasteiger partial charge < -0.3 is 9.26 Å². The summed E-state index contributed by atoms with van der Waals surface area (Å²) in [6.07, 6.45) is 2.94. The van der Waals surface area contributed by atoms with E-state index >= 15 is 0 Å². The highest BCUT2D eigenvalue weighted by Gasteiger charge is 2.25. The summed E-state index contributed by atoms with van der Waals surface area (Å²) >= 11 is 0.999. The molecule has 0 bridgehead atoms. The van der Waals surface area contributed by atoms with E-state index in [2.05, 4.69) is 19.7 Å². The number of methoxy groups -OCH3 is 1. The summed E-state index contributed by atoms with van der Waals surface area (Å²) in [5, 5.41) is 9.54. The van der Waals surface area contributed by atoms with Crippen LogP contribution in [0.25, 0.3) is 0 Å². The van der Waals surface area contributed by atoms with E-state index in [1.54, 1.807) is 17.8 Å². The van der Waals surface area contributed by atoms with Crippen molar-refractivity contribution in [3.63, 3.8) is 0 Å². The van der Waals surface area contributed by atoms with Crippen LogP contribution in [0.3, 0.4) is 0 Å². The van der Waals surface area contributed by atoms with E-state index in [4.69, 9.17) is 4.52 Å². The third kappa shape index (κ3) is 3.48. The second kappa shape index (κ2) is 6.92. The fourth-order valence-corrected chi connectivity index (χ4v) is 4.72. The van der Waals surface area contributed by atoms with Crippen LogP contribution in [0.4, 0.5) is 5.69 Å². The zero-order valence-corrected chi connectivity index (χ0v) is 15.8. The van der Waals surface area contributed by atoms with Gasteiger partial charge in [0.1, 0.15) is 15.5 Å². The molecule has 0 saturated carbocycles. The first kappa shape index (κ1) is 18.1. The Morgan fingerprint density at radius 3 is 2.85 bits per heavy atom. The number of thiophene rings is 1. The van der Waals surface area contributed by atoms with Gasteiger partial charge in [0.2, 0.25) is 0 Å². The fraction of sp³-hybridized carbons (Fsp3) is 0.267. The molecule has 0 aliphatic carbocycles. The monoisotopic (exact) mass is 396 g/mol. The summed E-state index contributed by atoms with van der Waals surface area (Å²) in [5.41, 5.74) is 1.91. The maximum Gasteiger partial charge on any atom is 0.349 e. The van der Waals surface area contributed by atoms with Gasteiger partial charge in [-0.3, -0.25) is 9.40 Å². The van der Waals surface area contributed by atoms with E-state index in [9.17, 15) is 13.2 Å². The molecule has 0 saturated heterocycles. The first-order valence-corrected chi connectivity index (χ1v) is 9.81. The van der Waals surface area contributed by atoms with Crippen LogP contribution in [0, 0.1) is 13.8 Å². The van der Waals surface area contributed by atoms with Crippen molar-refractivity contribution in [2.45, 2.75) is 25.3 Å². The number of aryl methyl sites for hydroxylation is 2. The van der Waals surface area contributed by atoms with Gasteiger partial charge >= 0.3 is 5.97 Å². The minimum Gasteiger partial charge on any atom is -0.465 e. The maximum atomic E-state index is 12.6. The molecule has 3 heterocycles. The van der Waals surface area contributed by atoms with Crippen molar-refractivity contribution in [1.29, 1.82) is 0 Å². The molecule has 0 atom stereocenters. The molecule has 3 rings (SSSR count). The van der Waals surface area contributed by atoms with Crippen molar-refractivity contribution >= 4 is 33.0 Å². The van der Waals surface area contributed by atoms with Gasteiger partial charge in [-0.15, -0.1) is 11.3 Å². The molecule has 3 aromatic rings. The molecule has 0 aromatic carbocycles. The number of hydrogen-bond acceptors (Lipinski definition) is 8. The van der Waals surface area contributed by atoms with E-state index in [-0.39, 0.29) is 15.5 Å². The molecule has 26 heavy (non-hydrogen) atoms. The van der Waals surface area contributed by atoms with E-state index in [1.807, 2.05) is 6.92 Å². The Balaban J connectivity index is 1.81. The SMILES string of the molecule is COC(=O)c1sccc1S(=O)(=O)Nc1cnn(Cc2c(C)noc2C)c1. The van der Waals surface area contributed by atoms with Crippen molar-refractivity contribution < 1.29 is 22.5 Å². The van der Waals surface area contributed by atoms with Crippen LogP contribution in [0.15, 0.2) is 33.3 Å². The van der Waals surface area contributed by atoms with Crippen LogP contribution in [0.5, 0.6) is 0 Å². The number of nitrogens with zero attached hydrogens (tertiary/aromatic N) is 3. The lowest BCUT2D eigenvalue weighted by Crippen LogP contribution is -2.15. The number of carbonyl (C=O) groups is 1. The number of ether oxygens (including phenoxy) is 1. The minimum atomic E-state index is -3.95. The summed E-state index contributed by atoms with van der Waals surface area (Å²) in [6, 6.07) is 1.35.